The zero-order chi connectivity index (χ0) is 26.8. The third kappa shape index (κ3) is 8.59. The monoisotopic (exact) mass is 527 g/mol. The van der Waals surface area contributed by atoms with E-state index in [1.165, 1.54) is 17.0 Å². The van der Waals surface area contributed by atoms with Crippen LogP contribution in [0, 0.1) is 0 Å². The fraction of sp³-hybridized carbons (Fsp3) is 0.517. The Kier molecular flexibility index (Phi) is 10.6. The lowest BCUT2D eigenvalue weighted by Gasteiger charge is -2.31. The zero-order valence-electron chi connectivity index (χ0n) is 22.4. The maximum absolute atomic E-state index is 13.4. The third-order valence-corrected chi connectivity index (χ3v) is 8.29. The molecule has 7 nitrogen and oxygen atoms in total. The SMILES string of the molecule is CCc1ccc(N(CCCC(=O)N(Cc2ccccc2)[C@H](C)C(=O)NC2CCCCC2)S(C)(=O)=O)cc1. The van der Waals surface area contributed by atoms with Crippen LogP contribution >= 0.6 is 0 Å². The number of carbonyl (C=O) groups is 2. The van der Waals surface area contributed by atoms with Gasteiger partial charge >= 0.3 is 0 Å². The predicted octanol–water partition coefficient (Wildman–Crippen LogP) is 4.66. The van der Waals surface area contributed by atoms with Crippen molar-refractivity contribution in [3.8, 4) is 0 Å². The molecule has 1 aliphatic rings. The molecule has 0 saturated heterocycles. The molecule has 0 radical (unpaired) electrons. The second-order valence-electron chi connectivity index (χ2n) is 9.99. The minimum Gasteiger partial charge on any atom is -0.352 e. The van der Waals surface area contributed by atoms with Crippen LogP contribution in [0.25, 0.3) is 0 Å². The van der Waals surface area contributed by atoms with Gasteiger partial charge in [0.25, 0.3) is 0 Å². The quantitative estimate of drug-likeness (QED) is 0.435. The van der Waals surface area contributed by atoms with Crippen LogP contribution in [0.15, 0.2) is 54.6 Å². The highest BCUT2D eigenvalue weighted by Gasteiger charge is 2.28. The van der Waals surface area contributed by atoms with Gasteiger partial charge in [-0.15, -0.1) is 0 Å². The molecule has 1 saturated carbocycles. The van der Waals surface area contributed by atoms with Gasteiger partial charge in [0.15, 0.2) is 0 Å². The van der Waals surface area contributed by atoms with Crippen LogP contribution in [0.1, 0.15) is 69.9 Å². The summed E-state index contributed by atoms with van der Waals surface area (Å²) in [5.74, 6) is -0.296. The fourth-order valence-electron chi connectivity index (χ4n) is 4.83. The van der Waals surface area contributed by atoms with E-state index in [2.05, 4.69) is 5.32 Å². The molecule has 0 spiro atoms. The van der Waals surface area contributed by atoms with E-state index in [0.29, 0.717) is 18.7 Å². The van der Waals surface area contributed by atoms with E-state index in [1.807, 2.05) is 49.4 Å². The first kappa shape index (κ1) is 28.7. The molecule has 2 amide bonds. The van der Waals surface area contributed by atoms with Crippen LogP contribution in [0.3, 0.4) is 0 Å². The molecule has 0 unspecified atom stereocenters. The van der Waals surface area contributed by atoms with Gasteiger partial charge in [0, 0.05) is 25.6 Å². The van der Waals surface area contributed by atoms with Crippen molar-refractivity contribution in [2.24, 2.45) is 0 Å². The van der Waals surface area contributed by atoms with Gasteiger partial charge in [0.2, 0.25) is 21.8 Å². The highest BCUT2D eigenvalue weighted by Crippen LogP contribution is 2.21. The number of aryl methyl sites for hydroxylation is 1. The molecule has 3 rings (SSSR count). The van der Waals surface area contributed by atoms with Crippen LogP contribution in [0.2, 0.25) is 0 Å². The molecule has 1 atom stereocenters. The van der Waals surface area contributed by atoms with Crippen molar-refractivity contribution in [1.82, 2.24) is 10.2 Å². The average Bonchev–Trinajstić information content (AvgIpc) is 2.90. The Labute approximate surface area is 222 Å². The minimum atomic E-state index is -3.51. The number of sulfonamides is 1. The summed E-state index contributed by atoms with van der Waals surface area (Å²) in [5, 5.41) is 3.14. The van der Waals surface area contributed by atoms with E-state index >= 15 is 0 Å². The maximum Gasteiger partial charge on any atom is 0.242 e. The first-order chi connectivity index (χ1) is 17.7. The van der Waals surface area contributed by atoms with Gasteiger partial charge in [-0.25, -0.2) is 8.42 Å². The second-order valence-corrected chi connectivity index (χ2v) is 11.9. The standard InChI is InChI=1S/C29H41N3O4S/c1-4-24-17-19-27(20-18-24)32(37(3,35)36)21-11-16-28(33)31(22-25-12-7-5-8-13-25)23(2)29(34)30-26-14-9-6-10-15-26/h5,7-8,12-13,17-20,23,26H,4,6,9-11,14-16,21-22H2,1-3H3,(H,30,34)/t23-/m1/s1. The van der Waals surface area contributed by atoms with Crippen molar-refractivity contribution < 1.29 is 18.0 Å². The Balaban J connectivity index is 1.68. The van der Waals surface area contributed by atoms with Crippen LogP contribution in [0.4, 0.5) is 5.69 Å². The topological polar surface area (TPSA) is 86.8 Å². The van der Waals surface area contributed by atoms with E-state index in [4.69, 9.17) is 0 Å². The average molecular weight is 528 g/mol. The van der Waals surface area contributed by atoms with E-state index in [1.54, 1.807) is 24.0 Å². The van der Waals surface area contributed by atoms with Crippen LogP contribution in [0.5, 0.6) is 0 Å². The summed E-state index contributed by atoms with van der Waals surface area (Å²) in [6.45, 7) is 4.34. The first-order valence-corrected chi connectivity index (χ1v) is 15.2. The molecule has 0 heterocycles. The molecule has 1 aliphatic carbocycles. The summed E-state index contributed by atoms with van der Waals surface area (Å²) in [6, 6.07) is 16.6. The summed E-state index contributed by atoms with van der Waals surface area (Å²) in [4.78, 5) is 28.1. The minimum absolute atomic E-state index is 0.134. The number of amides is 2. The van der Waals surface area contributed by atoms with E-state index in [-0.39, 0.29) is 30.8 Å². The van der Waals surface area contributed by atoms with Gasteiger partial charge in [-0.1, -0.05) is 68.7 Å². The smallest absolute Gasteiger partial charge is 0.242 e. The number of nitrogens with zero attached hydrogens (tertiary/aromatic N) is 2. The van der Waals surface area contributed by atoms with Crippen molar-refractivity contribution in [3.63, 3.8) is 0 Å². The lowest BCUT2D eigenvalue weighted by Crippen LogP contribution is -2.50. The molecule has 0 aliphatic heterocycles. The maximum atomic E-state index is 13.4. The summed E-state index contributed by atoms with van der Waals surface area (Å²) in [5.41, 5.74) is 2.67. The molecule has 2 aromatic carbocycles. The van der Waals surface area contributed by atoms with Gasteiger partial charge in [0.05, 0.1) is 11.9 Å². The summed E-state index contributed by atoms with van der Waals surface area (Å²) >= 11 is 0. The largest absolute Gasteiger partial charge is 0.352 e. The lowest BCUT2D eigenvalue weighted by atomic mass is 9.95. The van der Waals surface area contributed by atoms with E-state index in [0.717, 1.165) is 43.2 Å². The molecule has 1 fully saturated rings. The summed E-state index contributed by atoms with van der Waals surface area (Å²) < 4.78 is 26.4. The Morgan fingerprint density at radius 2 is 1.62 bits per heavy atom. The number of hydrogen-bond donors (Lipinski definition) is 1. The second kappa shape index (κ2) is 13.6. The fourth-order valence-corrected chi connectivity index (χ4v) is 5.80. The Bertz CT molecular complexity index is 1110. The Morgan fingerprint density at radius 1 is 0.973 bits per heavy atom. The zero-order valence-corrected chi connectivity index (χ0v) is 23.2. The number of nitrogens with one attached hydrogen (secondary N) is 1. The number of hydrogen-bond acceptors (Lipinski definition) is 4. The molecule has 2 aromatic rings. The molecule has 202 valence electrons. The predicted molar refractivity (Wildman–Crippen MR) is 149 cm³/mol. The van der Waals surface area contributed by atoms with Crippen molar-refractivity contribution in [2.45, 2.75) is 83.8 Å². The highest BCUT2D eigenvalue weighted by molar-refractivity contribution is 7.92. The van der Waals surface area contributed by atoms with Crippen molar-refractivity contribution >= 4 is 27.5 Å². The molecule has 8 heteroatoms. The van der Waals surface area contributed by atoms with Gasteiger partial charge in [0.1, 0.15) is 6.04 Å². The number of benzene rings is 2. The molecular formula is C29H41N3O4S. The van der Waals surface area contributed by atoms with Crippen LogP contribution in [-0.2, 0) is 32.6 Å². The molecule has 0 bridgehead atoms. The lowest BCUT2D eigenvalue weighted by molar-refractivity contribution is -0.141. The summed E-state index contributed by atoms with van der Waals surface area (Å²) in [6.07, 6.45) is 7.94. The van der Waals surface area contributed by atoms with Gasteiger partial charge < -0.3 is 10.2 Å². The van der Waals surface area contributed by atoms with Crippen LogP contribution < -0.4 is 9.62 Å². The molecule has 0 aromatic heterocycles. The number of carbonyl (C=O) groups excluding carboxylic acids is 2. The number of anilines is 1. The van der Waals surface area contributed by atoms with Gasteiger partial charge in [-0.2, -0.15) is 0 Å². The number of rotatable bonds is 12. The van der Waals surface area contributed by atoms with Gasteiger partial charge in [-0.05, 0) is 55.9 Å². The Hall–Kier alpha value is -2.87. The molecule has 1 N–H and O–H groups in total. The van der Waals surface area contributed by atoms with Crippen molar-refractivity contribution in [3.05, 3.63) is 65.7 Å². The molecule has 37 heavy (non-hydrogen) atoms. The highest BCUT2D eigenvalue weighted by atomic mass is 32.2. The van der Waals surface area contributed by atoms with Crippen LogP contribution in [-0.4, -0.2) is 50.0 Å². The normalized spacial score (nSPS) is 15.1. The third-order valence-electron chi connectivity index (χ3n) is 7.10. The van der Waals surface area contributed by atoms with Gasteiger partial charge in [-0.3, -0.25) is 13.9 Å². The van der Waals surface area contributed by atoms with E-state index in [9.17, 15) is 18.0 Å². The van der Waals surface area contributed by atoms with Crippen molar-refractivity contribution in [2.75, 3.05) is 17.1 Å². The Morgan fingerprint density at radius 3 is 2.22 bits per heavy atom. The van der Waals surface area contributed by atoms with Crippen molar-refractivity contribution in [1.29, 1.82) is 0 Å². The van der Waals surface area contributed by atoms with E-state index < -0.39 is 16.1 Å². The summed E-state index contributed by atoms with van der Waals surface area (Å²) in [7, 11) is -3.51. The molecular weight excluding hydrogens is 486 g/mol. The first-order valence-electron chi connectivity index (χ1n) is 13.4.